The Labute approximate surface area is 115 Å². The molecule has 6 heteroatoms. The van der Waals surface area contributed by atoms with E-state index in [4.69, 9.17) is 0 Å². The quantitative estimate of drug-likeness (QED) is 0.779. The third-order valence-electron chi connectivity index (χ3n) is 3.01. The lowest BCUT2D eigenvalue weighted by Crippen LogP contribution is -2.12. The predicted molar refractivity (Wildman–Crippen MR) is 75.5 cm³/mol. The van der Waals surface area contributed by atoms with Crippen LogP contribution in [0.1, 0.15) is 24.9 Å². The highest BCUT2D eigenvalue weighted by Crippen LogP contribution is 2.07. The Kier molecular flexibility index (Phi) is 3.28. The molecule has 20 heavy (non-hydrogen) atoms. The zero-order valence-electron chi connectivity index (χ0n) is 11.2. The van der Waals surface area contributed by atoms with Gasteiger partial charge < -0.3 is 4.98 Å². The van der Waals surface area contributed by atoms with Crippen LogP contribution in [0.15, 0.2) is 35.4 Å². The van der Waals surface area contributed by atoms with Crippen molar-refractivity contribution in [3.8, 4) is 0 Å². The van der Waals surface area contributed by atoms with Crippen LogP contribution in [-0.4, -0.2) is 24.7 Å². The van der Waals surface area contributed by atoms with Crippen molar-refractivity contribution in [2.45, 2.75) is 26.3 Å². The molecule has 0 fully saturated rings. The molecule has 0 bridgehead atoms. The van der Waals surface area contributed by atoms with Crippen LogP contribution in [0.5, 0.6) is 0 Å². The molecular weight excluding hydrogens is 254 g/mol. The molecule has 0 saturated heterocycles. The molecule has 3 aromatic rings. The summed E-state index contributed by atoms with van der Waals surface area (Å²) in [6.45, 7) is 2.58. The molecule has 0 spiro atoms. The van der Waals surface area contributed by atoms with E-state index in [9.17, 15) is 4.79 Å². The summed E-state index contributed by atoms with van der Waals surface area (Å²) in [6, 6.07) is 5.72. The zero-order chi connectivity index (χ0) is 13.9. The van der Waals surface area contributed by atoms with Crippen molar-refractivity contribution in [2.75, 3.05) is 0 Å². The molecule has 3 rings (SSSR count). The van der Waals surface area contributed by atoms with E-state index in [-0.39, 0.29) is 5.56 Å². The topological polar surface area (TPSA) is 76.5 Å². The molecule has 0 aromatic carbocycles. The summed E-state index contributed by atoms with van der Waals surface area (Å²) in [5.74, 6) is 0.711. The van der Waals surface area contributed by atoms with Gasteiger partial charge in [0.1, 0.15) is 11.3 Å². The van der Waals surface area contributed by atoms with Gasteiger partial charge in [0.05, 0.1) is 18.4 Å². The highest BCUT2D eigenvalue weighted by Gasteiger charge is 2.08. The summed E-state index contributed by atoms with van der Waals surface area (Å²) in [7, 11) is 0. The molecule has 0 amide bonds. The molecule has 0 radical (unpaired) electrons. The number of nitrogens with zero attached hydrogens (tertiary/aromatic N) is 4. The van der Waals surface area contributed by atoms with Gasteiger partial charge in [-0.05, 0) is 18.6 Å². The maximum absolute atomic E-state index is 12.0. The number of fused-ring (bicyclic) bond motifs is 1. The Morgan fingerprint density at radius 3 is 3.00 bits per heavy atom. The largest absolute Gasteiger partial charge is 0.309 e. The predicted octanol–water partition coefficient (Wildman–Crippen LogP) is 1.52. The van der Waals surface area contributed by atoms with Crippen LogP contribution in [0.3, 0.4) is 0 Å². The first-order chi connectivity index (χ1) is 9.76. The summed E-state index contributed by atoms with van der Waals surface area (Å²) in [5.41, 5.74) is 1.72. The van der Waals surface area contributed by atoms with Crippen LogP contribution >= 0.6 is 0 Å². The van der Waals surface area contributed by atoms with E-state index >= 15 is 0 Å². The van der Waals surface area contributed by atoms with Crippen LogP contribution in [-0.2, 0) is 13.0 Å². The fourth-order valence-electron chi connectivity index (χ4n) is 2.11. The molecule has 1 N–H and O–H groups in total. The van der Waals surface area contributed by atoms with Crippen LogP contribution < -0.4 is 5.56 Å². The second-order valence-corrected chi connectivity index (χ2v) is 4.64. The normalized spacial score (nSPS) is 11.1. The summed E-state index contributed by atoms with van der Waals surface area (Å²) < 4.78 is 1.70. The smallest absolute Gasteiger partial charge is 0.279 e. The average Bonchev–Trinajstić information content (AvgIpc) is 2.83. The Hall–Kier alpha value is -2.50. The van der Waals surface area contributed by atoms with E-state index in [2.05, 4.69) is 27.0 Å². The first kappa shape index (κ1) is 12.5. The Morgan fingerprint density at radius 2 is 2.25 bits per heavy atom. The number of pyridine rings is 1. The average molecular weight is 269 g/mol. The first-order valence-electron chi connectivity index (χ1n) is 6.62. The number of hydrogen-bond acceptors (Lipinski definition) is 4. The lowest BCUT2D eigenvalue weighted by atomic mass is 10.3. The van der Waals surface area contributed by atoms with Crippen LogP contribution in [0.2, 0.25) is 0 Å². The number of aromatic nitrogens is 5. The lowest BCUT2D eigenvalue weighted by Gasteiger charge is -1.98. The Morgan fingerprint density at radius 1 is 1.35 bits per heavy atom. The molecule has 0 aliphatic heterocycles. The fourth-order valence-corrected chi connectivity index (χ4v) is 2.11. The van der Waals surface area contributed by atoms with Crippen LogP contribution in [0.4, 0.5) is 0 Å². The summed E-state index contributed by atoms with van der Waals surface area (Å²) in [4.78, 5) is 23.4. The maximum atomic E-state index is 12.0. The van der Waals surface area contributed by atoms with Gasteiger partial charge in [-0.3, -0.25) is 14.5 Å². The number of aromatic amines is 1. The molecule has 0 saturated carbocycles. The SMILES string of the molecule is CCCc1nc2cn(Cc3ccccn3)nc2c(=O)[nH]1. The maximum Gasteiger partial charge on any atom is 0.279 e. The van der Waals surface area contributed by atoms with E-state index in [0.29, 0.717) is 23.4 Å². The van der Waals surface area contributed by atoms with Crippen molar-refractivity contribution in [1.29, 1.82) is 0 Å². The van der Waals surface area contributed by atoms with E-state index in [1.165, 1.54) is 0 Å². The van der Waals surface area contributed by atoms with E-state index in [1.54, 1.807) is 17.1 Å². The van der Waals surface area contributed by atoms with Gasteiger partial charge in [0, 0.05) is 12.6 Å². The standard InChI is InChI=1S/C14H15N5O/c1-2-5-12-16-11-9-19(18-13(11)14(20)17-12)8-10-6-3-4-7-15-10/h3-4,6-7,9H,2,5,8H2,1H3,(H,16,17,20). The molecular formula is C14H15N5O. The van der Waals surface area contributed by atoms with Crippen molar-refractivity contribution < 1.29 is 0 Å². The third-order valence-corrected chi connectivity index (χ3v) is 3.01. The van der Waals surface area contributed by atoms with Gasteiger partial charge >= 0.3 is 0 Å². The van der Waals surface area contributed by atoms with Gasteiger partial charge in [-0.1, -0.05) is 13.0 Å². The van der Waals surface area contributed by atoms with Gasteiger partial charge in [0.2, 0.25) is 0 Å². The minimum atomic E-state index is -0.182. The van der Waals surface area contributed by atoms with Crippen molar-refractivity contribution in [1.82, 2.24) is 24.7 Å². The van der Waals surface area contributed by atoms with Crippen molar-refractivity contribution in [3.05, 3.63) is 52.5 Å². The third kappa shape index (κ3) is 2.45. The van der Waals surface area contributed by atoms with E-state index < -0.39 is 0 Å². The van der Waals surface area contributed by atoms with Crippen molar-refractivity contribution in [2.24, 2.45) is 0 Å². The molecule has 102 valence electrons. The summed E-state index contributed by atoms with van der Waals surface area (Å²) >= 11 is 0. The van der Waals surface area contributed by atoms with Gasteiger partial charge in [0.25, 0.3) is 5.56 Å². The molecule has 0 unspecified atom stereocenters. The number of H-pyrrole nitrogens is 1. The highest BCUT2D eigenvalue weighted by atomic mass is 16.1. The van der Waals surface area contributed by atoms with E-state index in [0.717, 1.165) is 18.5 Å². The van der Waals surface area contributed by atoms with Crippen molar-refractivity contribution >= 4 is 11.0 Å². The van der Waals surface area contributed by atoms with Crippen LogP contribution in [0.25, 0.3) is 11.0 Å². The van der Waals surface area contributed by atoms with Crippen molar-refractivity contribution in [3.63, 3.8) is 0 Å². The lowest BCUT2D eigenvalue weighted by molar-refractivity contribution is 0.680. The van der Waals surface area contributed by atoms with Crippen LogP contribution in [0, 0.1) is 0 Å². The monoisotopic (exact) mass is 269 g/mol. The van der Waals surface area contributed by atoms with Gasteiger partial charge in [-0.15, -0.1) is 0 Å². The first-order valence-corrected chi connectivity index (χ1v) is 6.62. The summed E-state index contributed by atoms with van der Waals surface area (Å²) in [5, 5.41) is 4.28. The molecule has 3 aromatic heterocycles. The number of hydrogen-bond donors (Lipinski definition) is 1. The zero-order valence-corrected chi connectivity index (χ0v) is 11.2. The second-order valence-electron chi connectivity index (χ2n) is 4.64. The molecule has 0 aliphatic rings. The number of rotatable bonds is 4. The highest BCUT2D eigenvalue weighted by molar-refractivity contribution is 5.71. The minimum absolute atomic E-state index is 0.182. The minimum Gasteiger partial charge on any atom is -0.309 e. The second kappa shape index (κ2) is 5.24. The molecule has 3 heterocycles. The van der Waals surface area contributed by atoms with Gasteiger partial charge in [0.15, 0.2) is 5.52 Å². The fraction of sp³-hybridized carbons (Fsp3) is 0.286. The number of nitrogens with one attached hydrogen (secondary N) is 1. The molecule has 0 atom stereocenters. The number of aryl methyl sites for hydroxylation is 1. The Bertz CT molecular complexity index is 775. The Balaban J connectivity index is 1.98. The van der Waals surface area contributed by atoms with Gasteiger partial charge in [-0.25, -0.2) is 4.98 Å². The van der Waals surface area contributed by atoms with E-state index in [1.807, 2.05) is 18.2 Å². The molecule has 6 nitrogen and oxygen atoms in total. The molecule has 0 aliphatic carbocycles. The summed E-state index contributed by atoms with van der Waals surface area (Å²) in [6.07, 6.45) is 5.23. The van der Waals surface area contributed by atoms with Gasteiger partial charge in [-0.2, -0.15) is 5.10 Å².